The molecule has 0 saturated carbocycles. The van der Waals surface area contributed by atoms with E-state index in [4.69, 9.17) is 16.3 Å². The Morgan fingerprint density at radius 3 is 2.72 bits per heavy atom. The van der Waals surface area contributed by atoms with Crippen LogP contribution in [0.1, 0.15) is 13.0 Å². The van der Waals surface area contributed by atoms with Crippen molar-refractivity contribution in [1.29, 1.82) is 0 Å². The predicted octanol–water partition coefficient (Wildman–Crippen LogP) is 4.36. The molecule has 1 aromatic carbocycles. The van der Waals surface area contributed by atoms with Crippen molar-refractivity contribution >= 4 is 29.0 Å². The minimum Gasteiger partial charge on any atom is -0.444 e. The van der Waals surface area contributed by atoms with Gasteiger partial charge in [0.1, 0.15) is 18.1 Å². The van der Waals surface area contributed by atoms with E-state index in [-0.39, 0.29) is 36.5 Å². The fourth-order valence-corrected chi connectivity index (χ4v) is 2.67. The van der Waals surface area contributed by atoms with Gasteiger partial charge >= 0.3 is 6.09 Å². The lowest BCUT2D eigenvalue weighted by Gasteiger charge is -2.07. The molecule has 3 heterocycles. The maximum Gasteiger partial charge on any atom is 0.412 e. The third-order valence-corrected chi connectivity index (χ3v) is 3.99. The minimum atomic E-state index is -0.678. The molecule has 1 N–H and O–H groups in total. The van der Waals surface area contributed by atoms with E-state index in [2.05, 4.69) is 25.4 Å². The van der Waals surface area contributed by atoms with Crippen LogP contribution in [0, 0.1) is 5.82 Å². The van der Waals surface area contributed by atoms with E-state index < -0.39 is 11.9 Å². The second-order valence-electron chi connectivity index (χ2n) is 5.69. The average molecular weight is 415 g/mol. The number of hydrogen-bond donors (Lipinski definition) is 1. The number of carbonyl (C=O) groups excluding carboxylic acids is 1. The van der Waals surface area contributed by atoms with Crippen molar-refractivity contribution in [3.63, 3.8) is 0 Å². The molecule has 4 aromatic rings. The van der Waals surface area contributed by atoms with Crippen molar-refractivity contribution < 1.29 is 13.9 Å². The number of carbonyl (C=O) groups is 1. The van der Waals surface area contributed by atoms with Gasteiger partial charge in [-0.15, -0.1) is 0 Å². The molecule has 0 radical (unpaired) electrons. The number of benzene rings is 1. The number of amides is 1. The molecule has 8 nitrogen and oxygen atoms in total. The third kappa shape index (κ3) is 4.46. The van der Waals surface area contributed by atoms with Gasteiger partial charge in [-0.2, -0.15) is 14.6 Å². The maximum atomic E-state index is 13.4. The summed E-state index contributed by atoms with van der Waals surface area (Å²) < 4.78 is 19.9. The Labute approximate surface area is 170 Å². The third-order valence-electron chi connectivity index (χ3n) is 3.74. The van der Waals surface area contributed by atoms with Gasteiger partial charge in [-0.3, -0.25) is 10.3 Å². The summed E-state index contributed by atoms with van der Waals surface area (Å²) in [7, 11) is 0. The van der Waals surface area contributed by atoms with Gasteiger partial charge in [0.15, 0.2) is 11.5 Å². The summed E-state index contributed by atoms with van der Waals surface area (Å²) in [6.45, 7) is 0.113. The number of nitrogens with one attached hydrogen (secondary N) is 1. The number of nitrogens with zero attached hydrogens (tertiary/aromatic N) is 5. The second kappa shape index (κ2) is 8.61. The van der Waals surface area contributed by atoms with Crippen LogP contribution in [0.15, 0.2) is 55.0 Å². The first-order chi connectivity index (χ1) is 13.6. The summed E-state index contributed by atoms with van der Waals surface area (Å²) in [5, 5.41) is 6.61. The second-order valence-corrected chi connectivity index (χ2v) is 6.03. The molecule has 0 aliphatic carbocycles. The van der Waals surface area contributed by atoms with Crippen LogP contribution in [0.4, 0.5) is 14.9 Å². The lowest BCUT2D eigenvalue weighted by molar-refractivity contribution is 0.155. The highest BCUT2D eigenvalue weighted by molar-refractivity contribution is 6.28. The quantitative estimate of drug-likeness (QED) is 0.533. The summed E-state index contributed by atoms with van der Waals surface area (Å²) in [5.74, 6) is -0.390. The van der Waals surface area contributed by atoms with Crippen molar-refractivity contribution in [3.05, 3.63) is 71.7 Å². The summed E-state index contributed by atoms with van der Waals surface area (Å²) in [6, 6.07) is 10.5. The first-order valence-corrected chi connectivity index (χ1v) is 8.48. The van der Waals surface area contributed by atoms with E-state index in [9.17, 15) is 9.18 Å². The Morgan fingerprint density at radius 2 is 1.97 bits per heavy atom. The van der Waals surface area contributed by atoms with Gasteiger partial charge in [0, 0.05) is 11.8 Å². The van der Waals surface area contributed by atoms with Gasteiger partial charge in [-0.25, -0.2) is 14.2 Å². The monoisotopic (exact) mass is 414 g/mol. The Balaban J connectivity index is 0.00000240. The highest BCUT2D eigenvalue weighted by Crippen LogP contribution is 2.23. The summed E-state index contributed by atoms with van der Waals surface area (Å²) in [6.07, 6.45) is 3.16. The molecular weight excluding hydrogens is 399 g/mol. The van der Waals surface area contributed by atoms with Gasteiger partial charge in [0.25, 0.3) is 0 Å². The number of anilines is 1. The van der Waals surface area contributed by atoms with E-state index >= 15 is 0 Å². The molecule has 0 bridgehead atoms. The number of halogens is 2. The highest BCUT2D eigenvalue weighted by Gasteiger charge is 2.16. The molecule has 4 rings (SSSR count). The van der Waals surface area contributed by atoms with Crippen molar-refractivity contribution in [2.24, 2.45) is 0 Å². The molecule has 1 amide bonds. The molecule has 0 saturated heterocycles. The van der Waals surface area contributed by atoms with Crippen LogP contribution in [0.5, 0.6) is 0 Å². The van der Waals surface area contributed by atoms with Gasteiger partial charge < -0.3 is 4.74 Å². The van der Waals surface area contributed by atoms with Gasteiger partial charge in [-0.05, 0) is 23.2 Å². The van der Waals surface area contributed by atoms with E-state index in [1.165, 1.54) is 23.0 Å². The van der Waals surface area contributed by atoms with Crippen LogP contribution in [0.3, 0.4) is 0 Å². The Hall–Kier alpha value is -3.59. The number of ether oxygens (including phenoxy) is 1. The fraction of sp³-hybridized carbons (Fsp3) is 0.105. The van der Waals surface area contributed by atoms with E-state index in [1.54, 1.807) is 0 Å². The molecule has 10 heteroatoms. The molecule has 3 aromatic heterocycles. The molecule has 0 fully saturated rings. The number of fused-ring (bicyclic) bond motifs is 1. The zero-order valence-electron chi connectivity index (χ0n) is 14.2. The van der Waals surface area contributed by atoms with Crippen LogP contribution < -0.4 is 5.32 Å². The van der Waals surface area contributed by atoms with Crippen LogP contribution in [-0.2, 0) is 11.3 Å². The number of aromatic nitrogens is 5. The highest BCUT2D eigenvalue weighted by atomic mass is 35.5. The number of pyridine rings is 1. The zero-order chi connectivity index (χ0) is 19.5. The average Bonchev–Trinajstić information content (AvgIpc) is 3.10. The first kappa shape index (κ1) is 20.2. The standard InChI is InChI=1S/C18H12ClFN6O2.CH4/c19-17-25-15(12-6-13(20)8-21-7-12)24-16-14(9-22-26(16)17)23-18(27)28-10-11-4-2-1-3-5-11;/h1-9H,10H2,(H,23,27);1H4. The van der Waals surface area contributed by atoms with E-state index in [0.717, 1.165) is 11.8 Å². The van der Waals surface area contributed by atoms with E-state index in [1.807, 2.05) is 30.3 Å². The van der Waals surface area contributed by atoms with Crippen LogP contribution in [-0.4, -0.2) is 30.7 Å². The minimum absolute atomic E-state index is 0. The van der Waals surface area contributed by atoms with Crippen LogP contribution >= 0.6 is 11.6 Å². The Kier molecular flexibility index (Phi) is 5.99. The summed E-state index contributed by atoms with van der Waals surface area (Å²) in [4.78, 5) is 24.3. The van der Waals surface area contributed by atoms with Gasteiger partial charge in [0.05, 0.1) is 12.4 Å². The van der Waals surface area contributed by atoms with E-state index in [0.29, 0.717) is 5.56 Å². The summed E-state index contributed by atoms with van der Waals surface area (Å²) >= 11 is 6.13. The fourth-order valence-electron chi connectivity index (χ4n) is 2.47. The van der Waals surface area contributed by atoms with Crippen molar-refractivity contribution in [2.75, 3.05) is 5.32 Å². The lowest BCUT2D eigenvalue weighted by atomic mass is 10.2. The summed E-state index contributed by atoms with van der Waals surface area (Å²) in [5.41, 5.74) is 1.69. The molecule has 0 atom stereocenters. The zero-order valence-corrected chi connectivity index (χ0v) is 15.0. The van der Waals surface area contributed by atoms with Crippen molar-refractivity contribution in [2.45, 2.75) is 14.0 Å². The van der Waals surface area contributed by atoms with Crippen molar-refractivity contribution in [3.8, 4) is 11.4 Å². The molecular formula is C19H16ClFN6O2. The number of rotatable bonds is 4. The van der Waals surface area contributed by atoms with Gasteiger partial charge in [-0.1, -0.05) is 37.8 Å². The smallest absolute Gasteiger partial charge is 0.412 e. The molecule has 29 heavy (non-hydrogen) atoms. The molecule has 0 spiro atoms. The normalized spacial score (nSPS) is 10.4. The van der Waals surface area contributed by atoms with Crippen molar-refractivity contribution in [1.82, 2.24) is 24.6 Å². The topological polar surface area (TPSA) is 94.3 Å². The SMILES string of the molecule is C.O=C(Nc1cnn2c(Cl)nc(-c3cncc(F)c3)nc12)OCc1ccccc1. The lowest BCUT2D eigenvalue weighted by Crippen LogP contribution is -2.13. The Morgan fingerprint density at radius 1 is 1.17 bits per heavy atom. The number of hydrogen-bond acceptors (Lipinski definition) is 6. The first-order valence-electron chi connectivity index (χ1n) is 8.10. The Bertz CT molecular complexity index is 1150. The molecule has 148 valence electrons. The molecule has 0 aliphatic rings. The predicted molar refractivity (Wildman–Crippen MR) is 106 cm³/mol. The largest absolute Gasteiger partial charge is 0.444 e. The molecule has 0 aliphatic heterocycles. The van der Waals surface area contributed by atoms with Gasteiger partial charge in [0.2, 0.25) is 5.28 Å². The van der Waals surface area contributed by atoms with Crippen LogP contribution in [0.2, 0.25) is 5.28 Å². The van der Waals surface area contributed by atoms with Crippen LogP contribution in [0.25, 0.3) is 17.0 Å². The maximum absolute atomic E-state index is 13.4. The molecule has 0 unspecified atom stereocenters.